The van der Waals surface area contributed by atoms with E-state index in [-0.39, 0.29) is 12.1 Å². The molecule has 0 bridgehead atoms. The second-order valence-corrected chi connectivity index (χ2v) is 11.7. The number of carbonyl (C=O) groups excluding carboxylic acids is 1. The van der Waals surface area contributed by atoms with E-state index < -0.39 is 6.09 Å². The molecule has 1 aliphatic carbocycles. The molecule has 1 heterocycles. The van der Waals surface area contributed by atoms with E-state index >= 15 is 0 Å². The van der Waals surface area contributed by atoms with Gasteiger partial charge in [-0.3, -0.25) is 10.5 Å². The van der Waals surface area contributed by atoms with Gasteiger partial charge in [0.05, 0.1) is 15.6 Å². The highest BCUT2D eigenvalue weighted by atomic mass is 32.1. The van der Waals surface area contributed by atoms with Gasteiger partial charge < -0.3 is 4.74 Å². The maximum absolute atomic E-state index is 12.4. The van der Waals surface area contributed by atoms with Crippen molar-refractivity contribution in [3.8, 4) is 10.4 Å². The third kappa shape index (κ3) is 7.06. The number of amides is 1. The Morgan fingerprint density at radius 1 is 1.14 bits per heavy atom. The molecule has 1 aromatic heterocycles. The number of ether oxygens (including phenoxy) is 1. The minimum atomic E-state index is -0.558. The molecule has 1 saturated carbocycles. The van der Waals surface area contributed by atoms with E-state index in [1.54, 1.807) is 17.4 Å². The summed E-state index contributed by atoms with van der Waals surface area (Å²) < 4.78 is 5.36. The fourth-order valence-electron chi connectivity index (χ4n) is 4.36. The molecule has 8 heteroatoms. The number of hydrogen-bond donors (Lipinski definition) is 3. The van der Waals surface area contributed by atoms with Gasteiger partial charge >= 0.3 is 6.09 Å². The van der Waals surface area contributed by atoms with Crippen LogP contribution in [0.2, 0.25) is 0 Å². The van der Waals surface area contributed by atoms with Crippen molar-refractivity contribution < 1.29 is 14.7 Å². The summed E-state index contributed by atoms with van der Waals surface area (Å²) in [7, 11) is 0. The molecule has 0 spiro atoms. The van der Waals surface area contributed by atoms with Crippen LogP contribution in [0.15, 0.2) is 54.7 Å². The number of rotatable bonds is 7. The minimum absolute atomic E-state index is 0.179. The molecule has 2 aromatic carbocycles. The predicted octanol–water partition coefficient (Wildman–Crippen LogP) is 7.35. The first-order valence-corrected chi connectivity index (χ1v) is 13.3. The predicted molar refractivity (Wildman–Crippen MR) is 145 cm³/mol. The van der Waals surface area contributed by atoms with E-state index in [9.17, 15) is 10.0 Å². The van der Waals surface area contributed by atoms with E-state index in [0.29, 0.717) is 17.3 Å². The van der Waals surface area contributed by atoms with Crippen molar-refractivity contribution in [3.63, 3.8) is 0 Å². The van der Waals surface area contributed by atoms with E-state index in [4.69, 9.17) is 9.72 Å². The molecular weight excluding hydrogens is 472 g/mol. The van der Waals surface area contributed by atoms with Crippen LogP contribution in [0.4, 0.5) is 16.2 Å². The second kappa shape index (κ2) is 11.4. The Morgan fingerprint density at radius 3 is 2.56 bits per heavy atom. The lowest BCUT2D eigenvalue weighted by atomic mass is 9.83. The third-order valence-corrected chi connectivity index (χ3v) is 7.47. The van der Waals surface area contributed by atoms with Gasteiger partial charge in [0.25, 0.3) is 0 Å². The van der Waals surface area contributed by atoms with E-state index in [1.165, 1.54) is 25.7 Å². The van der Waals surface area contributed by atoms with Gasteiger partial charge in [0.1, 0.15) is 6.61 Å². The van der Waals surface area contributed by atoms with Crippen LogP contribution in [0, 0.1) is 5.92 Å². The van der Waals surface area contributed by atoms with Crippen molar-refractivity contribution in [1.29, 1.82) is 0 Å². The molecule has 0 radical (unpaired) electrons. The third-order valence-electron chi connectivity index (χ3n) is 6.28. The highest BCUT2D eigenvalue weighted by Gasteiger charge is 2.24. The molecule has 36 heavy (non-hydrogen) atoms. The largest absolute Gasteiger partial charge is 0.444 e. The number of anilines is 2. The summed E-state index contributed by atoms with van der Waals surface area (Å²) in [5, 5.41) is 15.9. The SMILES string of the molecule is CC(C)(C)NN(O)c1cc(NC(=O)OCc2ccccc2)ccc1-c1cnc([C@H]2CC[C@H](C)CC2)s1. The van der Waals surface area contributed by atoms with Gasteiger partial charge in [-0.2, -0.15) is 5.17 Å². The van der Waals surface area contributed by atoms with Crippen LogP contribution in [-0.4, -0.2) is 21.8 Å². The number of thiazole rings is 1. The number of aromatic nitrogens is 1. The van der Waals surface area contributed by atoms with Gasteiger partial charge in [-0.15, -0.1) is 11.3 Å². The fraction of sp³-hybridized carbons (Fsp3) is 0.429. The molecule has 3 N–H and O–H groups in total. The van der Waals surface area contributed by atoms with Gasteiger partial charge in [0.15, 0.2) is 0 Å². The summed E-state index contributed by atoms with van der Waals surface area (Å²) in [6, 6.07) is 15.0. The normalized spacial score (nSPS) is 18.0. The Morgan fingerprint density at radius 2 is 1.86 bits per heavy atom. The zero-order valence-electron chi connectivity index (χ0n) is 21.5. The molecule has 0 saturated heterocycles. The Bertz CT molecular complexity index is 1150. The van der Waals surface area contributed by atoms with Crippen LogP contribution < -0.4 is 15.9 Å². The summed E-state index contributed by atoms with van der Waals surface area (Å²) in [6.07, 6.45) is 6.16. The number of nitrogens with one attached hydrogen (secondary N) is 2. The number of hydrazine groups is 1. The van der Waals surface area contributed by atoms with Crippen molar-refractivity contribution >= 4 is 28.8 Å². The van der Waals surface area contributed by atoms with Crippen molar-refractivity contribution in [1.82, 2.24) is 10.4 Å². The highest BCUT2D eigenvalue weighted by molar-refractivity contribution is 7.15. The number of hydrogen-bond acceptors (Lipinski definition) is 7. The van der Waals surface area contributed by atoms with E-state index in [2.05, 4.69) is 17.7 Å². The molecule has 7 nitrogen and oxygen atoms in total. The first kappa shape index (κ1) is 26.1. The second-order valence-electron chi connectivity index (χ2n) is 10.6. The van der Waals surface area contributed by atoms with Gasteiger partial charge in [-0.25, -0.2) is 15.2 Å². The molecule has 3 aromatic rings. The highest BCUT2D eigenvalue weighted by Crippen LogP contribution is 2.41. The van der Waals surface area contributed by atoms with Crippen molar-refractivity contribution in [2.45, 2.75) is 71.4 Å². The van der Waals surface area contributed by atoms with Crippen LogP contribution in [0.25, 0.3) is 10.4 Å². The topological polar surface area (TPSA) is 86.7 Å². The molecule has 0 aliphatic heterocycles. The Kier molecular flexibility index (Phi) is 8.28. The molecular formula is C28H36N4O3S. The number of nitrogens with zero attached hydrogens (tertiary/aromatic N) is 2. The first-order valence-electron chi connectivity index (χ1n) is 12.5. The monoisotopic (exact) mass is 508 g/mol. The van der Waals surface area contributed by atoms with Crippen LogP contribution in [0.5, 0.6) is 0 Å². The smallest absolute Gasteiger partial charge is 0.411 e. The average Bonchev–Trinajstić information content (AvgIpc) is 3.33. The van der Waals surface area contributed by atoms with Gasteiger partial charge in [-0.05, 0) is 63.3 Å². The fourth-order valence-corrected chi connectivity index (χ4v) is 5.48. The maximum Gasteiger partial charge on any atom is 0.411 e. The Labute approximate surface area is 217 Å². The van der Waals surface area contributed by atoms with Gasteiger partial charge in [0.2, 0.25) is 0 Å². The van der Waals surface area contributed by atoms with E-state index in [1.807, 2.05) is 69.4 Å². The number of benzene rings is 2. The van der Waals surface area contributed by atoms with Gasteiger partial charge in [-0.1, -0.05) is 50.1 Å². The first-order chi connectivity index (χ1) is 17.2. The van der Waals surface area contributed by atoms with E-state index in [0.717, 1.165) is 32.1 Å². The van der Waals surface area contributed by atoms with Gasteiger partial charge in [0, 0.05) is 28.9 Å². The average molecular weight is 509 g/mol. The summed E-state index contributed by atoms with van der Waals surface area (Å²) in [5.41, 5.74) is 5.50. The quantitative estimate of drug-likeness (QED) is 0.289. The molecule has 4 rings (SSSR count). The zero-order chi connectivity index (χ0) is 25.7. The van der Waals surface area contributed by atoms with Crippen LogP contribution >= 0.6 is 11.3 Å². The standard InChI is InChI=1S/C28H36N4O3S/c1-19-10-12-21(13-11-19)26-29-17-25(36-26)23-15-14-22(16-24(23)32(34)31-28(2,3)4)30-27(33)35-18-20-8-6-5-7-9-20/h5-9,14-17,19,21,31,34H,10-13,18H2,1-4H3,(H,30,33)/t19-,21-. The van der Waals surface area contributed by atoms with Crippen molar-refractivity contribution in [2.24, 2.45) is 5.92 Å². The van der Waals surface area contributed by atoms with Crippen molar-refractivity contribution in [3.05, 3.63) is 65.3 Å². The minimum Gasteiger partial charge on any atom is -0.444 e. The zero-order valence-corrected chi connectivity index (χ0v) is 22.3. The molecule has 192 valence electrons. The molecule has 0 unspecified atom stereocenters. The lowest BCUT2D eigenvalue weighted by molar-refractivity contribution is 0.155. The summed E-state index contributed by atoms with van der Waals surface area (Å²) in [5.74, 6) is 1.29. The molecule has 0 atom stereocenters. The summed E-state index contributed by atoms with van der Waals surface area (Å²) >= 11 is 1.68. The molecule has 1 fully saturated rings. The van der Waals surface area contributed by atoms with Crippen LogP contribution in [0.3, 0.4) is 0 Å². The Balaban J connectivity index is 1.54. The molecule has 1 aliphatic rings. The lowest BCUT2D eigenvalue weighted by Gasteiger charge is -2.29. The number of carbonyl (C=O) groups is 1. The van der Waals surface area contributed by atoms with Crippen LogP contribution in [0.1, 0.15) is 69.9 Å². The molecule has 1 amide bonds. The lowest BCUT2D eigenvalue weighted by Crippen LogP contribution is -2.47. The maximum atomic E-state index is 12.4. The summed E-state index contributed by atoms with van der Waals surface area (Å²) in [6.45, 7) is 8.40. The van der Waals surface area contributed by atoms with Crippen LogP contribution in [-0.2, 0) is 11.3 Å². The van der Waals surface area contributed by atoms with Crippen molar-refractivity contribution in [2.75, 3.05) is 10.5 Å². The Hall–Kier alpha value is -2.94. The summed E-state index contributed by atoms with van der Waals surface area (Å²) in [4.78, 5) is 18.1.